The molecule has 1 aromatic heterocycles. The molecule has 0 N–H and O–H groups in total. The molecule has 0 aliphatic rings. The molecule has 0 aliphatic carbocycles. The van der Waals surface area contributed by atoms with Crippen molar-refractivity contribution in [3.8, 4) is 67.5 Å². The second kappa shape index (κ2) is 13.4. The third kappa shape index (κ3) is 5.88. The summed E-state index contributed by atoms with van der Waals surface area (Å²) >= 11 is 0. The average molecular weight is 688 g/mol. The zero-order valence-electron chi connectivity index (χ0n) is 29.4. The maximum absolute atomic E-state index is 5.12. The van der Waals surface area contributed by atoms with Gasteiger partial charge in [0.25, 0.3) is 0 Å². The normalized spacial score (nSPS) is 11.3. The largest absolute Gasteiger partial charge is 0.208 e. The predicted octanol–water partition coefficient (Wildman–Crippen LogP) is 13.3. The fourth-order valence-electron chi connectivity index (χ4n) is 7.55. The van der Waals surface area contributed by atoms with Gasteiger partial charge in [-0.25, -0.2) is 15.0 Å². The molecule has 9 aromatic carbocycles. The van der Waals surface area contributed by atoms with Crippen LogP contribution in [0.4, 0.5) is 0 Å². The molecule has 0 bridgehead atoms. The van der Waals surface area contributed by atoms with Crippen LogP contribution in [0.25, 0.3) is 99.9 Å². The summed E-state index contributed by atoms with van der Waals surface area (Å²) in [6, 6.07) is 70.7. The molecule has 1 heterocycles. The van der Waals surface area contributed by atoms with E-state index in [0.717, 1.165) is 27.6 Å². The van der Waals surface area contributed by atoms with Crippen molar-refractivity contribution in [3.05, 3.63) is 200 Å². The summed E-state index contributed by atoms with van der Waals surface area (Å²) in [6.45, 7) is 0. The topological polar surface area (TPSA) is 38.7 Å². The molecule has 0 fully saturated rings. The molecule has 0 atom stereocenters. The minimum Gasteiger partial charge on any atom is -0.208 e. The van der Waals surface area contributed by atoms with Crippen molar-refractivity contribution in [2.24, 2.45) is 0 Å². The minimum absolute atomic E-state index is 0.638. The van der Waals surface area contributed by atoms with Gasteiger partial charge in [0.1, 0.15) is 0 Å². The smallest absolute Gasteiger partial charge is 0.164 e. The zero-order valence-corrected chi connectivity index (χ0v) is 29.4. The quantitative estimate of drug-likeness (QED) is 0.175. The van der Waals surface area contributed by atoms with Crippen molar-refractivity contribution in [1.82, 2.24) is 15.0 Å². The molecule has 0 saturated heterocycles. The maximum atomic E-state index is 5.12. The molecule has 0 aliphatic heterocycles. The van der Waals surface area contributed by atoms with Crippen LogP contribution >= 0.6 is 0 Å². The van der Waals surface area contributed by atoms with Crippen LogP contribution in [0.1, 0.15) is 0 Å². The molecule has 252 valence electrons. The van der Waals surface area contributed by atoms with Gasteiger partial charge < -0.3 is 0 Å². The van der Waals surface area contributed by atoms with Crippen LogP contribution in [0, 0.1) is 0 Å². The molecule has 3 heteroatoms. The first-order chi connectivity index (χ1) is 26.7. The van der Waals surface area contributed by atoms with Crippen molar-refractivity contribution in [2.45, 2.75) is 0 Å². The summed E-state index contributed by atoms with van der Waals surface area (Å²) in [5.74, 6) is 1.93. The van der Waals surface area contributed by atoms with Gasteiger partial charge in [-0.2, -0.15) is 0 Å². The molecule has 10 aromatic rings. The number of hydrogen-bond donors (Lipinski definition) is 0. The minimum atomic E-state index is 0.638. The van der Waals surface area contributed by atoms with Gasteiger partial charge in [0.15, 0.2) is 17.5 Å². The Bertz CT molecular complexity index is 2980. The van der Waals surface area contributed by atoms with E-state index in [2.05, 4.69) is 164 Å². The first-order valence-electron chi connectivity index (χ1n) is 18.3. The van der Waals surface area contributed by atoms with Gasteiger partial charge in [-0.3, -0.25) is 0 Å². The molecule has 3 nitrogen and oxygen atoms in total. The Labute approximate surface area is 313 Å². The first-order valence-corrected chi connectivity index (χ1v) is 18.3. The van der Waals surface area contributed by atoms with Crippen molar-refractivity contribution >= 4 is 32.3 Å². The number of aromatic nitrogens is 3. The SMILES string of the molecule is c1ccc(-c2ccc3cc(-c4nc(-c5ccccc5)nc(-c5cccc(-c6cccc7cc(-c8cccc9ccccc89)ccc67)c5)n4)ccc3c2)cc1. The van der Waals surface area contributed by atoms with Crippen LogP contribution in [0.2, 0.25) is 0 Å². The van der Waals surface area contributed by atoms with E-state index in [1.807, 2.05) is 36.4 Å². The lowest BCUT2D eigenvalue weighted by Gasteiger charge is -2.12. The Morgan fingerprint density at radius 1 is 0.222 bits per heavy atom. The Hall–Kier alpha value is -7.23. The standard InChI is InChI=1S/C51H33N3/c1-3-12-34(13-4-1)37-24-25-39-31-44(27-26-38(39)30-37)51-53-49(36-15-5-2-6-16-36)52-50(54-51)43-20-9-18-41(33-43)46-23-11-19-40-32-42(28-29-48(40)46)47-22-10-17-35-14-7-8-21-45(35)47/h1-33H. The van der Waals surface area contributed by atoms with Crippen molar-refractivity contribution in [2.75, 3.05) is 0 Å². The van der Waals surface area contributed by atoms with Crippen molar-refractivity contribution in [3.63, 3.8) is 0 Å². The highest BCUT2D eigenvalue weighted by atomic mass is 15.0. The van der Waals surface area contributed by atoms with E-state index in [4.69, 9.17) is 15.0 Å². The van der Waals surface area contributed by atoms with E-state index in [1.165, 1.54) is 54.7 Å². The summed E-state index contributed by atoms with van der Waals surface area (Å²) in [5.41, 5.74) is 9.96. The molecular weight excluding hydrogens is 655 g/mol. The molecule has 0 radical (unpaired) electrons. The summed E-state index contributed by atoms with van der Waals surface area (Å²) in [5, 5.41) is 7.21. The molecule has 0 amide bonds. The van der Waals surface area contributed by atoms with Crippen LogP contribution < -0.4 is 0 Å². The van der Waals surface area contributed by atoms with E-state index in [1.54, 1.807) is 0 Å². The molecule has 54 heavy (non-hydrogen) atoms. The van der Waals surface area contributed by atoms with Gasteiger partial charge in [-0.1, -0.05) is 176 Å². The third-order valence-electron chi connectivity index (χ3n) is 10.3. The number of hydrogen-bond acceptors (Lipinski definition) is 3. The molecule has 0 saturated carbocycles. The summed E-state index contributed by atoms with van der Waals surface area (Å²) in [6.07, 6.45) is 0. The van der Waals surface area contributed by atoms with Gasteiger partial charge in [0.05, 0.1) is 0 Å². The highest BCUT2D eigenvalue weighted by Gasteiger charge is 2.15. The Kier molecular flexibility index (Phi) is 7.81. The monoisotopic (exact) mass is 687 g/mol. The van der Waals surface area contributed by atoms with Gasteiger partial charge >= 0.3 is 0 Å². The van der Waals surface area contributed by atoms with E-state index < -0.39 is 0 Å². The Balaban J connectivity index is 1.05. The third-order valence-corrected chi connectivity index (χ3v) is 10.3. The lowest BCUT2D eigenvalue weighted by atomic mass is 9.93. The number of benzene rings is 9. The number of rotatable bonds is 6. The lowest BCUT2D eigenvalue weighted by molar-refractivity contribution is 1.07. The Morgan fingerprint density at radius 2 is 0.667 bits per heavy atom. The van der Waals surface area contributed by atoms with Crippen LogP contribution in [-0.2, 0) is 0 Å². The lowest BCUT2D eigenvalue weighted by Crippen LogP contribution is -2.00. The van der Waals surface area contributed by atoms with Gasteiger partial charge in [-0.05, 0) is 90.0 Å². The summed E-state index contributed by atoms with van der Waals surface area (Å²) < 4.78 is 0. The molecule has 0 unspecified atom stereocenters. The second-order valence-corrected chi connectivity index (χ2v) is 13.7. The maximum Gasteiger partial charge on any atom is 0.164 e. The van der Waals surface area contributed by atoms with E-state index in [0.29, 0.717) is 17.5 Å². The summed E-state index contributed by atoms with van der Waals surface area (Å²) in [7, 11) is 0. The van der Waals surface area contributed by atoms with Crippen LogP contribution in [0.5, 0.6) is 0 Å². The van der Waals surface area contributed by atoms with Crippen molar-refractivity contribution in [1.29, 1.82) is 0 Å². The zero-order chi connectivity index (χ0) is 35.8. The van der Waals surface area contributed by atoms with Crippen molar-refractivity contribution < 1.29 is 0 Å². The average Bonchev–Trinajstić information content (AvgIpc) is 3.26. The fraction of sp³-hybridized carbons (Fsp3) is 0. The van der Waals surface area contributed by atoms with E-state index in [-0.39, 0.29) is 0 Å². The summed E-state index contributed by atoms with van der Waals surface area (Å²) in [4.78, 5) is 15.2. The number of fused-ring (bicyclic) bond motifs is 3. The van der Waals surface area contributed by atoms with Crippen LogP contribution in [0.3, 0.4) is 0 Å². The number of nitrogens with zero attached hydrogens (tertiary/aromatic N) is 3. The fourth-order valence-corrected chi connectivity index (χ4v) is 7.55. The van der Waals surface area contributed by atoms with Gasteiger partial charge in [0.2, 0.25) is 0 Å². The molecule has 10 rings (SSSR count). The van der Waals surface area contributed by atoms with E-state index >= 15 is 0 Å². The molecular formula is C51H33N3. The van der Waals surface area contributed by atoms with E-state index in [9.17, 15) is 0 Å². The highest BCUT2D eigenvalue weighted by Crippen LogP contribution is 2.36. The second-order valence-electron chi connectivity index (χ2n) is 13.7. The first kappa shape index (κ1) is 31.5. The predicted molar refractivity (Wildman–Crippen MR) is 225 cm³/mol. The Morgan fingerprint density at radius 3 is 1.41 bits per heavy atom. The molecule has 0 spiro atoms. The van der Waals surface area contributed by atoms with Crippen LogP contribution in [-0.4, -0.2) is 15.0 Å². The van der Waals surface area contributed by atoms with Crippen LogP contribution in [0.15, 0.2) is 200 Å². The van der Waals surface area contributed by atoms with Gasteiger partial charge in [-0.15, -0.1) is 0 Å². The highest BCUT2D eigenvalue weighted by molar-refractivity contribution is 6.02. The van der Waals surface area contributed by atoms with Gasteiger partial charge in [0, 0.05) is 16.7 Å².